The zero-order chi connectivity index (χ0) is 36.8. The van der Waals surface area contributed by atoms with Crippen LogP contribution in [0.4, 0.5) is 0 Å². The predicted octanol–water partition coefficient (Wildman–Crippen LogP) is 13.3. The van der Waals surface area contributed by atoms with Crippen LogP contribution in [0.5, 0.6) is 0 Å². The summed E-state index contributed by atoms with van der Waals surface area (Å²) in [5.74, 6) is 0.613. The second-order valence-corrected chi connectivity index (χ2v) is 15.8. The van der Waals surface area contributed by atoms with Gasteiger partial charge >= 0.3 is 5.97 Å². The summed E-state index contributed by atoms with van der Waals surface area (Å²) in [6, 6.07) is 0. The minimum atomic E-state index is 0.00761. The highest BCUT2D eigenvalue weighted by Gasteiger charge is 2.21. The van der Waals surface area contributed by atoms with Crippen LogP contribution in [0, 0.1) is 5.92 Å². The number of aliphatic hydroxyl groups is 1. The van der Waals surface area contributed by atoms with Crippen LogP contribution in [0.2, 0.25) is 0 Å². The molecule has 0 rings (SSSR count). The summed E-state index contributed by atoms with van der Waals surface area (Å²) in [4.78, 5) is 27.8. The molecule has 298 valence electrons. The number of ether oxygens (including phenoxy) is 1. The Bertz CT molecular complexity index is 697. The number of rotatable bonds is 41. The maximum Gasteiger partial charge on any atom is 0.309 e. The number of ketones is 1. The van der Waals surface area contributed by atoms with E-state index in [1.807, 2.05) is 0 Å². The summed E-state index contributed by atoms with van der Waals surface area (Å²) < 4.78 is 6.01. The largest absolute Gasteiger partial charge is 0.462 e. The molecule has 0 bridgehead atoms. The number of aliphatic hydroxyl groups excluding tert-OH is 1. The fourth-order valence-electron chi connectivity index (χ4n) is 7.27. The Kier molecular flexibility index (Phi) is 38.5. The Labute approximate surface area is 313 Å². The van der Waals surface area contributed by atoms with Gasteiger partial charge in [-0.15, -0.1) is 0 Å². The molecule has 5 nitrogen and oxygen atoms in total. The number of esters is 1. The highest BCUT2D eigenvalue weighted by molar-refractivity contribution is 5.78. The van der Waals surface area contributed by atoms with E-state index in [1.165, 1.54) is 135 Å². The molecule has 1 unspecified atom stereocenters. The lowest BCUT2D eigenvalue weighted by atomic mass is 9.94. The summed E-state index contributed by atoms with van der Waals surface area (Å²) in [5, 5.41) is 9.57. The third-order valence-corrected chi connectivity index (χ3v) is 10.7. The molecule has 0 heterocycles. The Hall–Kier alpha value is -0.940. The van der Waals surface area contributed by atoms with E-state index in [4.69, 9.17) is 4.74 Å². The molecule has 0 aromatic rings. The average molecular weight is 708 g/mol. The molecule has 0 aromatic carbocycles. The Balaban J connectivity index is 4.07. The van der Waals surface area contributed by atoms with Crippen LogP contribution in [0.3, 0.4) is 0 Å². The summed E-state index contributed by atoms with van der Waals surface area (Å²) in [6.07, 6.45) is 39.1. The molecular formula is C45H89NO4. The molecule has 0 aliphatic heterocycles. The van der Waals surface area contributed by atoms with Crippen molar-refractivity contribution in [1.29, 1.82) is 0 Å². The van der Waals surface area contributed by atoms with Crippen LogP contribution < -0.4 is 0 Å². The lowest BCUT2D eigenvalue weighted by Crippen LogP contribution is -2.29. The van der Waals surface area contributed by atoms with Crippen LogP contribution in [-0.2, 0) is 14.3 Å². The molecule has 0 aliphatic rings. The van der Waals surface area contributed by atoms with E-state index in [1.54, 1.807) is 0 Å². The first-order valence-electron chi connectivity index (χ1n) is 22.5. The zero-order valence-corrected chi connectivity index (χ0v) is 34.4. The van der Waals surface area contributed by atoms with E-state index < -0.39 is 0 Å². The third-order valence-electron chi connectivity index (χ3n) is 10.7. The van der Waals surface area contributed by atoms with Crippen molar-refractivity contribution in [2.75, 3.05) is 26.2 Å². The van der Waals surface area contributed by atoms with Gasteiger partial charge in [0.05, 0.1) is 18.6 Å². The molecule has 0 radical (unpaired) electrons. The second kappa shape index (κ2) is 39.3. The topological polar surface area (TPSA) is 66.8 Å². The van der Waals surface area contributed by atoms with Crippen molar-refractivity contribution in [1.82, 2.24) is 4.90 Å². The van der Waals surface area contributed by atoms with Gasteiger partial charge in [-0.1, -0.05) is 168 Å². The van der Waals surface area contributed by atoms with Crippen molar-refractivity contribution >= 4 is 11.8 Å². The van der Waals surface area contributed by atoms with Gasteiger partial charge < -0.3 is 14.7 Å². The van der Waals surface area contributed by atoms with Crippen molar-refractivity contribution in [3.05, 3.63) is 0 Å². The van der Waals surface area contributed by atoms with Crippen molar-refractivity contribution in [2.24, 2.45) is 5.92 Å². The molecule has 1 atom stereocenters. The molecule has 0 saturated carbocycles. The van der Waals surface area contributed by atoms with Gasteiger partial charge in [-0.05, 0) is 71.4 Å². The fourth-order valence-corrected chi connectivity index (χ4v) is 7.27. The van der Waals surface area contributed by atoms with Gasteiger partial charge in [-0.25, -0.2) is 0 Å². The van der Waals surface area contributed by atoms with E-state index in [-0.39, 0.29) is 24.6 Å². The van der Waals surface area contributed by atoms with Crippen LogP contribution in [0.15, 0.2) is 0 Å². The SMILES string of the molecule is CCCCCCCCCC(=O)CCCCCCCN(CCO)CCCCCCC(C)OC(=O)C(CCCCCCCC)CCCCCCCC. The normalized spacial score (nSPS) is 12.3. The minimum Gasteiger partial charge on any atom is -0.462 e. The van der Waals surface area contributed by atoms with Gasteiger partial charge in [0.15, 0.2) is 0 Å². The number of nitrogens with zero attached hydrogens (tertiary/aromatic N) is 1. The molecule has 50 heavy (non-hydrogen) atoms. The van der Waals surface area contributed by atoms with E-state index in [0.29, 0.717) is 5.78 Å². The van der Waals surface area contributed by atoms with E-state index in [0.717, 1.165) is 96.7 Å². The van der Waals surface area contributed by atoms with E-state index in [2.05, 4.69) is 32.6 Å². The second-order valence-electron chi connectivity index (χ2n) is 15.8. The molecule has 1 N–H and O–H groups in total. The molecule has 0 aliphatic carbocycles. The number of carbonyl (C=O) groups is 2. The van der Waals surface area contributed by atoms with Gasteiger partial charge in [0.25, 0.3) is 0 Å². The summed E-state index contributed by atoms with van der Waals surface area (Å²) in [6.45, 7) is 12.0. The maximum absolute atomic E-state index is 13.2. The zero-order valence-electron chi connectivity index (χ0n) is 34.4. The molecule has 0 saturated heterocycles. The Morgan fingerprint density at radius 2 is 0.840 bits per heavy atom. The number of unbranched alkanes of at least 4 members (excludes halogenated alkanes) is 23. The maximum atomic E-state index is 13.2. The fraction of sp³-hybridized carbons (Fsp3) is 0.956. The monoisotopic (exact) mass is 708 g/mol. The minimum absolute atomic E-state index is 0.00761. The van der Waals surface area contributed by atoms with Crippen LogP contribution in [-0.4, -0.2) is 54.1 Å². The van der Waals surface area contributed by atoms with E-state index >= 15 is 0 Å². The lowest BCUT2D eigenvalue weighted by molar-refractivity contribution is -0.154. The van der Waals surface area contributed by atoms with Gasteiger partial charge in [0, 0.05) is 19.4 Å². The first-order valence-corrected chi connectivity index (χ1v) is 22.5. The van der Waals surface area contributed by atoms with Crippen molar-refractivity contribution in [3.8, 4) is 0 Å². The van der Waals surface area contributed by atoms with Gasteiger partial charge in [0.2, 0.25) is 0 Å². The number of hydrogen-bond acceptors (Lipinski definition) is 5. The number of hydrogen-bond donors (Lipinski definition) is 1. The van der Waals surface area contributed by atoms with Crippen molar-refractivity contribution < 1.29 is 19.4 Å². The Morgan fingerprint density at radius 1 is 0.480 bits per heavy atom. The number of carbonyl (C=O) groups excluding carboxylic acids is 2. The lowest BCUT2D eigenvalue weighted by Gasteiger charge is -2.21. The highest BCUT2D eigenvalue weighted by atomic mass is 16.5. The summed E-state index contributed by atoms with van der Waals surface area (Å²) >= 11 is 0. The van der Waals surface area contributed by atoms with Gasteiger partial charge in [-0.3, -0.25) is 9.59 Å². The van der Waals surface area contributed by atoms with Crippen molar-refractivity contribution in [3.63, 3.8) is 0 Å². The first-order chi connectivity index (χ1) is 24.5. The molecule has 0 fully saturated rings. The highest BCUT2D eigenvalue weighted by Crippen LogP contribution is 2.22. The molecule has 0 amide bonds. The third kappa shape index (κ3) is 34.2. The molecule has 5 heteroatoms. The molecular weight excluding hydrogens is 618 g/mol. The first kappa shape index (κ1) is 49.1. The average Bonchev–Trinajstić information content (AvgIpc) is 3.10. The summed E-state index contributed by atoms with van der Waals surface area (Å²) in [5.41, 5.74) is 0. The molecule has 0 spiro atoms. The van der Waals surface area contributed by atoms with Gasteiger partial charge in [-0.2, -0.15) is 0 Å². The predicted molar refractivity (Wildman–Crippen MR) is 217 cm³/mol. The van der Waals surface area contributed by atoms with Crippen LogP contribution >= 0.6 is 0 Å². The smallest absolute Gasteiger partial charge is 0.309 e. The summed E-state index contributed by atoms with van der Waals surface area (Å²) in [7, 11) is 0. The van der Waals surface area contributed by atoms with E-state index in [9.17, 15) is 14.7 Å². The number of Topliss-reactive ketones (excluding diaryl/α,β-unsaturated/α-hetero) is 1. The standard InChI is InChI=1S/C45H89NO4/c1-5-8-11-14-17-21-29-36-44(48)37-30-22-18-24-31-38-46(40-41-47)39-32-25-23-26-33-42(4)50-45(49)43(34-27-19-15-12-9-6-2)35-28-20-16-13-10-7-3/h42-43,47H,5-41H2,1-4H3. The van der Waals surface area contributed by atoms with Crippen LogP contribution in [0.25, 0.3) is 0 Å². The van der Waals surface area contributed by atoms with Crippen LogP contribution in [0.1, 0.15) is 240 Å². The van der Waals surface area contributed by atoms with Crippen molar-refractivity contribution in [2.45, 2.75) is 246 Å². The van der Waals surface area contributed by atoms with Gasteiger partial charge in [0.1, 0.15) is 5.78 Å². The molecule has 0 aromatic heterocycles. The quantitative estimate of drug-likeness (QED) is 0.0506. The Morgan fingerprint density at radius 3 is 1.26 bits per heavy atom.